The molecule has 6 heteroatoms. The first-order valence-electron chi connectivity index (χ1n) is 6.51. The van der Waals surface area contributed by atoms with Crippen molar-refractivity contribution in [1.29, 1.82) is 0 Å². The number of hydrogen-bond acceptors (Lipinski definition) is 5. The summed E-state index contributed by atoms with van der Waals surface area (Å²) in [4.78, 5) is 11.8. The SMILES string of the molecule is CC(Cc1ccc(O)c(O)c1)C(=O)NCCOCCO. The summed E-state index contributed by atoms with van der Waals surface area (Å²) >= 11 is 0. The molecule has 0 aliphatic carbocycles. The normalized spacial score (nSPS) is 12.1. The molecule has 0 bridgehead atoms. The molecule has 0 aliphatic rings. The number of amides is 1. The minimum Gasteiger partial charge on any atom is -0.504 e. The van der Waals surface area contributed by atoms with Gasteiger partial charge < -0.3 is 25.4 Å². The molecule has 0 spiro atoms. The van der Waals surface area contributed by atoms with Gasteiger partial charge in [-0.3, -0.25) is 4.79 Å². The highest BCUT2D eigenvalue weighted by molar-refractivity contribution is 5.78. The minimum absolute atomic E-state index is 0.0330. The van der Waals surface area contributed by atoms with E-state index in [0.29, 0.717) is 19.6 Å². The minimum atomic E-state index is -0.253. The van der Waals surface area contributed by atoms with Gasteiger partial charge in [0.2, 0.25) is 5.91 Å². The second-order valence-electron chi connectivity index (χ2n) is 4.56. The van der Waals surface area contributed by atoms with Gasteiger partial charge in [0.1, 0.15) is 0 Å². The summed E-state index contributed by atoms with van der Waals surface area (Å²) in [5.41, 5.74) is 0.777. The number of phenolic OH excluding ortho intramolecular Hbond substituents is 2. The molecule has 1 amide bonds. The first kappa shape index (κ1) is 16.3. The number of hydrogen-bond donors (Lipinski definition) is 4. The van der Waals surface area contributed by atoms with E-state index < -0.39 is 0 Å². The average Bonchev–Trinajstić information content (AvgIpc) is 2.42. The lowest BCUT2D eigenvalue weighted by Crippen LogP contribution is -2.33. The number of phenols is 2. The third-order valence-electron chi connectivity index (χ3n) is 2.81. The van der Waals surface area contributed by atoms with Crippen LogP contribution in [0, 0.1) is 5.92 Å². The van der Waals surface area contributed by atoms with Crippen LogP contribution in [0.1, 0.15) is 12.5 Å². The maximum atomic E-state index is 11.8. The fourth-order valence-corrected chi connectivity index (χ4v) is 1.73. The second kappa shape index (κ2) is 8.39. The van der Waals surface area contributed by atoms with Gasteiger partial charge in [0.05, 0.1) is 19.8 Å². The monoisotopic (exact) mass is 283 g/mol. The number of carbonyl (C=O) groups excluding carboxylic acids is 1. The lowest BCUT2D eigenvalue weighted by molar-refractivity contribution is -0.124. The average molecular weight is 283 g/mol. The zero-order valence-corrected chi connectivity index (χ0v) is 11.5. The van der Waals surface area contributed by atoms with Crippen LogP contribution in [0.5, 0.6) is 11.5 Å². The highest BCUT2D eigenvalue weighted by atomic mass is 16.5. The Morgan fingerprint density at radius 2 is 2.05 bits per heavy atom. The molecule has 4 N–H and O–H groups in total. The van der Waals surface area contributed by atoms with E-state index in [4.69, 9.17) is 9.84 Å². The van der Waals surface area contributed by atoms with E-state index in [1.807, 2.05) is 0 Å². The zero-order valence-electron chi connectivity index (χ0n) is 11.5. The molecule has 112 valence electrons. The van der Waals surface area contributed by atoms with Gasteiger partial charge in [0.25, 0.3) is 0 Å². The van der Waals surface area contributed by atoms with Crippen molar-refractivity contribution in [2.75, 3.05) is 26.4 Å². The first-order chi connectivity index (χ1) is 9.54. The van der Waals surface area contributed by atoms with Gasteiger partial charge in [0.15, 0.2) is 11.5 Å². The smallest absolute Gasteiger partial charge is 0.223 e. The Morgan fingerprint density at radius 3 is 2.70 bits per heavy atom. The van der Waals surface area contributed by atoms with Gasteiger partial charge in [-0.15, -0.1) is 0 Å². The van der Waals surface area contributed by atoms with Gasteiger partial charge in [-0.2, -0.15) is 0 Å². The van der Waals surface area contributed by atoms with E-state index in [-0.39, 0.29) is 36.5 Å². The number of ether oxygens (including phenoxy) is 1. The Labute approximate surface area is 118 Å². The van der Waals surface area contributed by atoms with Crippen LogP contribution in [0.15, 0.2) is 18.2 Å². The molecular weight excluding hydrogens is 262 g/mol. The van der Waals surface area contributed by atoms with Crippen molar-refractivity contribution >= 4 is 5.91 Å². The Kier molecular flexibility index (Phi) is 6.83. The van der Waals surface area contributed by atoms with Crippen LogP contribution in [0.4, 0.5) is 0 Å². The fraction of sp³-hybridized carbons (Fsp3) is 0.500. The van der Waals surface area contributed by atoms with Crippen LogP contribution in [0.2, 0.25) is 0 Å². The molecule has 1 aromatic carbocycles. The van der Waals surface area contributed by atoms with Crippen molar-refractivity contribution in [2.45, 2.75) is 13.3 Å². The fourth-order valence-electron chi connectivity index (χ4n) is 1.73. The molecule has 1 atom stereocenters. The molecule has 20 heavy (non-hydrogen) atoms. The highest BCUT2D eigenvalue weighted by Gasteiger charge is 2.13. The molecule has 0 aromatic heterocycles. The number of benzene rings is 1. The summed E-state index contributed by atoms with van der Waals surface area (Å²) in [5, 5.41) is 29.8. The van der Waals surface area contributed by atoms with E-state index in [1.54, 1.807) is 13.0 Å². The summed E-state index contributed by atoms with van der Waals surface area (Å²) in [7, 11) is 0. The number of aromatic hydroxyl groups is 2. The summed E-state index contributed by atoms with van der Waals surface area (Å²) < 4.78 is 5.03. The second-order valence-corrected chi connectivity index (χ2v) is 4.56. The quantitative estimate of drug-likeness (QED) is 0.409. The summed E-state index contributed by atoms with van der Waals surface area (Å²) in [6, 6.07) is 4.52. The van der Waals surface area contributed by atoms with E-state index in [1.165, 1.54) is 12.1 Å². The van der Waals surface area contributed by atoms with Gasteiger partial charge in [0, 0.05) is 12.5 Å². The van der Waals surface area contributed by atoms with Crippen molar-refractivity contribution in [1.82, 2.24) is 5.32 Å². The lowest BCUT2D eigenvalue weighted by Gasteiger charge is -2.12. The number of aliphatic hydroxyl groups excluding tert-OH is 1. The van der Waals surface area contributed by atoms with Gasteiger partial charge in [-0.1, -0.05) is 13.0 Å². The van der Waals surface area contributed by atoms with Crippen LogP contribution < -0.4 is 5.32 Å². The first-order valence-corrected chi connectivity index (χ1v) is 6.51. The maximum absolute atomic E-state index is 11.8. The van der Waals surface area contributed by atoms with E-state index in [2.05, 4.69) is 5.32 Å². The van der Waals surface area contributed by atoms with E-state index in [0.717, 1.165) is 5.56 Å². The summed E-state index contributed by atoms with van der Waals surface area (Å²) in [6.45, 7) is 2.77. The molecule has 0 saturated carbocycles. The maximum Gasteiger partial charge on any atom is 0.223 e. The Morgan fingerprint density at radius 1 is 1.30 bits per heavy atom. The van der Waals surface area contributed by atoms with Crippen molar-refractivity contribution in [3.8, 4) is 11.5 Å². The van der Waals surface area contributed by atoms with Crippen LogP contribution >= 0.6 is 0 Å². The molecule has 0 fully saturated rings. The summed E-state index contributed by atoms with van der Waals surface area (Å²) in [6.07, 6.45) is 0.469. The van der Waals surface area contributed by atoms with E-state index in [9.17, 15) is 15.0 Å². The number of nitrogens with one attached hydrogen (secondary N) is 1. The largest absolute Gasteiger partial charge is 0.504 e. The van der Waals surface area contributed by atoms with Crippen LogP contribution in [-0.4, -0.2) is 47.6 Å². The molecule has 0 saturated heterocycles. The van der Waals surface area contributed by atoms with Crippen LogP contribution in [0.25, 0.3) is 0 Å². The Hall–Kier alpha value is -1.79. The standard InChI is InChI=1S/C14H21NO5/c1-10(14(19)15-4-6-20-7-5-16)8-11-2-3-12(17)13(18)9-11/h2-3,9-10,16-18H,4-8H2,1H3,(H,15,19). The predicted octanol–water partition coefficient (Wildman–Crippen LogP) is 0.402. The molecule has 6 nitrogen and oxygen atoms in total. The zero-order chi connectivity index (χ0) is 15.0. The highest BCUT2D eigenvalue weighted by Crippen LogP contribution is 2.25. The van der Waals surface area contributed by atoms with Crippen molar-refractivity contribution in [3.05, 3.63) is 23.8 Å². The van der Waals surface area contributed by atoms with Crippen LogP contribution in [-0.2, 0) is 16.0 Å². The van der Waals surface area contributed by atoms with Crippen molar-refractivity contribution in [2.24, 2.45) is 5.92 Å². The molecule has 0 aliphatic heterocycles. The van der Waals surface area contributed by atoms with Crippen LogP contribution in [0.3, 0.4) is 0 Å². The number of carbonyl (C=O) groups is 1. The van der Waals surface area contributed by atoms with E-state index >= 15 is 0 Å². The Bertz CT molecular complexity index is 436. The van der Waals surface area contributed by atoms with Crippen molar-refractivity contribution < 1.29 is 24.9 Å². The topological polar surface area (TPSA) is 99.0 Å². The molecule has 0 radical (unpaired) electrons. The van der Waals surface area contributed by atoms with Crippen molar-refractivity contribution in [3.63, 3.8) is 0 Å². The Balaban J connectivity index is 2.35. The van der Waals surface area contributed by atoms with Gasteiger partial charge in [-0.05, 0) is 24.1 Å². The number of rotatable bonds is 8. The molecule has 1 unspecified atom stereocenters. The molecule has 0 heterocycles. The number of aliphatic hydroxyl groups is 1. The molecular formula is C14H21NO5. The predicted molar refractivity (Wildman–Crippen MR) is 73.6 cm³/mol. The summed E-state index contributed by atoms with van der Waals surface area (Å²) in [5.74, 6) is -0.721. The third kappa shape index (κ3) is 5.46. The lowest BCUT2D eigenvalue weighted by atomic mass is 10.00. The van der Waals surface area contributed by atoms with Gasteiger partial charge >= 0.3 is 0 Å². The molecule has 1 aromatic rings. The third-order valence-corrected chi connectivity index (χ3v) is 2.81. The molecule has 1 rings (SSSR count). The van der Waals surface area contributed by atoms with Gasteiger partial charge in [-0.25, -0.2) is 0 Å².